The first-order valence-electron chi connectivity index (χ1n) is 11.6. The second-order valence-corrected chi connectivity index (χ2v) is 10.8. The number of amides is 1. The van der Waals surface area contributed by atoms with Crippen molar-refractivity contribution in [3.63, 3.8) is 0 Å². The van der Waals surface area contributed by atoms with Crippen molar-refractivity contribution in [1.82, 2.24) is 0 Å². The average Bonchev–Trinajstić information content (AvgIpc) is 3.34. The van der Waals surface area contributed by atoms with Gasteiger partial charge in [-0.3, -0.25) is 9.10 Å². The third-order valence-corrected chi connectivity index (χ3v) is 7.91. The number of hydrogen-bond donors (Lipinski definition) is 1. The van der Waals surface area contributed by atoms with E-state index in [0.29, 0.717) is 11.4 Å². The molecule has 0 unspecified atom stereocenters. The van der Waals surface area contributed by atoms with Gasteiger partial charge in [0.1, 0.15) is 6.54 Å². The lowest BCUT2D eigenvalue weighted by atomic mass is 10.1. The Morgan fingerprint density at radius 1 is 0.882 bits per heavy atom. The lowest BCUT2D eigenvalue weighted by Gasteiger charge is -2.26. The summed E-state index contributed by atoms with van der Waals surface area (Å²) in [6, 6.07) is 19.9. The normalized spacial score (nSPS) is 13.7. The molecule has 1 aliphatic heterocycles. The van der Waals surface area contributed by atoms with E-state index in [4.69, 9.17) is 0 Å². The van der Waals surface area contributed by atoms with Crippen molar-refractivity contribution in [3.8, 4) is 0 Å². The number of aryl methyl sites for hydroxylation is 3. The molecule has 34 heavy (non-hydrogen) atoms. The van der Waals surface area contributed by atoms with Gasteiger partial charge in [-0.1, -0.05) is 35.4 Å². The van der Waals surface area contributed by atoms with Gasteiger partial charge in [0.25, 0.3) is 10.0 Å². The molecule has 0 saturated carbocycles. The minimum Gasteiger partial charge on any atom is -0.372 e. The van der Waals surface area contributed by atoms with E-state index in [0.717, 1.165) is 35.5 Å². The molecule has 3 aromatic rings. The number of sulfonamides is 1. The maximum atomic E-state index is 13.6. The number of nitrogens with zero attached hydrogens (tertiary/aromatic N) is 2. The fraction of sp³-hybridized carbons (Fsp3) is 0.296. The van der Waals surface area contributed by atoms with Gasteiger partial charge in [-0.05, 0) is 81.6 Å². The number of anilines is 3. The molecule has 178 valence electrons. The molecule has 4 rings (SSSR count). The van der Waals surface area contributed by atoms with E-state index in [1.54, 1.807) is 30.3 Å². The summed E-state index contributed by atoms with van der Waals surface area (Å²) in [6.07, 6.45) is 2.39. The molecule has 0 bridgehead atoms. The Morgan fingerprint density at radius 3 is 2.12 bits per heavy atom. The molecule has 7 heteroatoms. The van der Waals surface area contributed by atoms with Crippen LogP contribution < -0.4 is 14.5 Å². The van der Waals surface area contributed by atoms with E-state index in [1.165, 1.54) is 17.1 Å². The zero-order valence-corrected chi connectivity index (χ0v) is 20.7. The maximum Gasteiger partial charge on any atom is 0.264 e. The van der Waals surface area contributed by atoms with Gasteiger partial charge in [-0.25, -0.2) is 8.42 Å². The summed E-state index contributed by atoms with van der Waals surface area (Å²) in [6.45, 7) is 7.48. The van der Waals surface area contributed by atoms with Gasteiger partial charge in [-0.15, -0.1) is 0 Å². The van der Waals surface area contributed by atoms with Crippen LogP contribution in [0.25, 0.3) is 0 Å². The molecule has 0 aliphatic carbocycles. The third-order valence-electron chi connectivity index (χ3n) is 6.14. The number of nitrogens with one attached hydrogen (secondary N) is 1. The SMILES string of the molecule is Cc1ccc(S(=O)(=O)N(CC(=O)Nc2ccc(N3CCCC3)cc2)c2ccc(C)cc2C)cc1. The van der Waals surface area contributed by atoms with Gasteiger partial charge in [0.15, 0.2) is 0 Å². The monoisotopic (exact) mass is 477 g/mol. The first-order valence-corrected chi connectivity index (χ1v) is 13.0. The minimum atomic E-state index is -3.95. The second-order valence-electron chi connectivity index (χ2n) is 8.90. The standard InChI is InChI=1S/C27H31N3O3S/c1-20-6-13-25(14-7-20)34(32,33)30(26-15-8-21(2)18-22(26)3)19-27(31)28-23-9-11-24(12-10-23)29-16-4-5-17-29/h6-15,18H,4-5,16-17,19H2,1-3H3,(H,28,31). The zero-order chi connectivity index (χ0) is 24.3. The molecule has 0 aromatic heterocycles. The first kappa shape index (κ1) is 23.8. The van der Waals surface area contributed by atoms with E-state index >= 15 is 0 Å². The summed E-state index contributed by atoms with van der Waals surface area (Å²) in [4.78, 5) is 15.5. The molecule has 1 saturated heterocycles. The van der Waals surface area contributed by atoms with Crippen molar-refractivity contribution in [2.24, 2.45) is 0 Å². The summed E-state index contributed by atoms with van der Waals surface area (Å²) in [5.74, 6) is -0.399. The van der Waals surface area contributed by atoms with Crippen molar-refractivity contribution in [1.29, 1.82) is 0 Å². The van der Waals surface area contributed by atoms with Crippen molar-refractivity contribution in [2.75, 3.05) is 34.2 Å². The highest BCUT2D eigenvalue weighted by Crippen LogP contribution is 2.28. The molecule has 1 N–H and O–H groups in total. The Hall–Kier alpha value is -3.32. The van der Waals surface area contributed by atoms with Crippen molar-refractivity contribution in [3.05, 3.63) is 83.4 Å². The fourth-order valence-electron chi connectivity index (χ4n) is 4.28. The van der Waals surface area contributed by atoms with Crippen LogP contribution in [0.1, 0.15) is 29.5 Å². The van der Waals surface area contributed by atoms with Gasteiger partial charge in [-0.2, -0.15) is 0 Å². The first-order chi connectivity index (χ1) is 16.2. The van der Waals surface area contributed by atoms with Gasteiger partial charge in [0.2, 0.25) is 5.91 Å². The van der Waals surface area contributed by atoms with E-state index in [9.17, 15) is 13.2 Å². The third kappa shape index (κ3) is 5.25. The molecular weight excluding hydrogens is 446 g/mol. The molecule has 1 aliphatic rings. The lowest BCUT2D eigenvalue weighted by molar-refractivity contribution is -0.114. The molecular formula is C27H31N3O3S. The van der Waals surface area contributed by atoms with Crippen LogP contribution in [0.3, 0.4) is 0 Å². The predicted octanol–water partition coefficient (Wildman–Crippen LogP) is 5.05. The summed E-state index contributed by atoms with van der Waals surface area (Å²) in [5, 5.41) is 2.86. The Kier molecular flexibility index (Phi) is 6.93. The smallest absolute Gasteiger partial charge is 0.264 e. The maximum absolute atomic E-state index is 13.6. The molecule has 0 radical (unpaired) electrons. The molecule has 1 heterocycles. The summed E-state index contributed by atoms with van der Waals surface area (Å²) < 4.78 is 28.4. The second kappa shape index (κ2) is 9.89. The molecule has 1 fully saturated rings. The number of rotatable bonds is 7. The number of benzene rings is 3. The topological polar surface area (TPSA) is 69.7 Å². The zero-order valence-electron chi connectivity index (χ0n) is 19.9. The molecule has 3 aromatic carbocycles. The summed E-state index contributed by atoms with van der Waals surface area (Å²) in [7, 11) is -3.95. The Morgan fingerprint density at radius 2 is 1.50 bits per heavy atom. The number of hydrogen-bond acceptors (Lipinski definition) is 4. The van der Waals surface area contributed by atoms with E-state index in [2.05, 4.69) is 10.2 Å². The molecule has 6 nitrogen and oxygen atoms in total. The Bertz CT molecular complexity index is 1260. The lowest BCUT2D eigenvalue weighted by Crippen LogP contribution is -2.38. The van der Waals surface area contributed by atoms with Crippen LogP contribution in [0.4, 0.5) is 17.1 Å². The van der Waals surface area contributed by atoms with Gasteiger partial charge >= 0.3 is 0 Å². The van der Waals surface area contributed by atoms with Crippen LogP contribution in [0, 0.1) is 20.8 Å². The highest BCUT2D eigenvalue weighted by Gasteiger charge is 2.28. The van der Waals surface area contributed by atoms with Gasteiger partial charge in [0.05, 0.1) is 10.6 Å². The van der Waals surface area contributed by atoms with Crippen LogP contribution in [-0.4, -0.2) is 34.0 Å². The predicted molar refractivity (Wildman–Crippen MR) is 138 cm³/mol. The molecule has 0 spiro atoms. The number of carbonyl (C=O) groups excluding carboxylic acids is 1. The Labute approximate surface area is 202 Å². The molecule has 1 amide bonds. The van der Waals surface area contributed by atoms with Crippen LogP contribution in [0.5, 0.6) is 0 Å². The largest absolute Gasteiger partial charge is 0.372 e. The van der Waals surface area contributed by atoms with Crippen molar-refractivity contribution in [2.45, 2.75) is 38.5 Å². The quantitative estimate of drug-likeness (QED) is 0.517. The van der Waals surface area contributed by atoms with Crippen molar-refractivity contribution < 1.29 is 13.2 Å². The van der Waals surface area contributed by atoms with Crippen LogP contribution in [0.2, 0.25) is 0 Å². The Balaban J connectivity index is 1.59. The van der Waals surface area contributed by atoms with Crippen LogP contribution >= 0.6 is 0 Å². The highest BCUT2D eigenvalue weighted by atomic mass is 32.2. The number of carbonyl (C=O) groups is 1. The fourth-order valence-corrected chi connectivity index (χ4v) is 5.77. The van der Waals surface area contributed by atoms with Crippen LogP contribution in [0.15, 0.2) is 71.6 Å². The van der Waals surface area contributed by atoms with Crippen molar-refractivity contribution >= 4 is 33.0 Å². The summed E-state index contributed by atoms with van der Waals surface area (Å²) >= 11 is 0. The minimum absolute atomic E-state index is 0.154. The highest BCUT2D eigenvalue weighted by molar-refractivity contribution is 7.92. The summed E-state index contributed by atoms with van der Waals surface area (Å²) in [5.41, 5.74) is 5.04. The van der Waals surface area contributed by atoms with Gasteiger partial charge < -0.3 is 10.2 Å². The van der Waals surface area contributed by atoms with Crippen LogP contribution in [-0.2, 0) is 14.8 Å². The molecule has 0 atom stereocenters. The van der Waals surface area contributed by atoms with E-state index in [-0.39, 0.29) is 11.4 Å². The van der Waals surface area contributed by atoms with E-state index < -0.39 is 15.9 Å². The average molecular weight is 478 g/mol. The van der Waals surface area contributed by atoms with E-state index in [1.807, 2.05) is 57.2 Å². The van der Waals surface area contributed by atoms with Gasteiger partial charge in [0, 0.05) is 24.5 Å².